The highest BCUT2D eigenvalue weighted by Gasteiger charge is 2.14. The fourth-order valence-corrected chi connectivity index (χ4v) is 3.98. The van der Waals surface area contributed by atoms with Gasteiger partial charge in [0.1, 0.15) is 0 Å². The first kappa shape index (κ1) is 15.4. The number of hydrogen-bond donors (Lipinski definition) is 0. The summed E-state index contributed by atoms with van der Waals surface area (Å²) >= 11 is 0. The van der Waals surface area contributed by atoms with Crippen LogP contribution in [0.3, 0.4) is 0 Å². The van der Waals surface area contributed by atoms with Gasteiger partial charge in [0.25, 0.3) is 0 Å². The molecule has 1 nitrogen and oxygen atoms in total. The van der Waals surface area contributed by atoms with Crippen LogP contribution in [0.4, 0.5) is 0 Å². The summed E-state index contributed by atoms with van der Waals surface area (Å²) in [7, 11) is 0. The molecule has 2 bridgehead atoms. The third-order valence-corrected chi connectivity index (χ3v) is 5.26. The monoisotopic (exact) mass is 265 g/mol. The fraction of sp³-hybridized carbons (Fsp3) is 1.00. The van der Waals surface area contributed by atoms with Crippen LogP contribution in [-0.4, -0.2) is 24.5 Å². The molecule has 19 heavy (non-hydrogen) atoms. The maximum absolute atomic E-state index is 2.75. The quantitative estimate of drug-likeness (QED) is 0.567. The summed E-state index contributed by atoms with van der Waals surface area (Å²) in [4.78, 5) is 2.75. The largest absolute Gasteiger partial charge is 0.303 e. The first-order valence-corrected chi connectivity index (χ1v) is 9.17. The van der Waals surface area contributed by atoms with Gasteiger partial charge >= 0.3 is 0 Å². The van der Waals surface area contributed by atoms with E-state index in [1.807, 2.05) is 0 Å². The SMILES string of the molecule is C1CCCCCC2CCCN(CCCCC1)CCC2. The molecule has 3 fully saturated rings. The van der Waals surface area contributed by atoms with Crippen molar-refractivity contribution in [2.24, 2.45) is 5.92 Å². The van der Waals surface area contributed by atoms with E-state index in [1.165, 1.54) is 110 Å². The smallest absolute Gasteiger partial charge is 0.00186 e. The van der Waals surface area contributed by atoms with Crippen LogP contribution >= 0.6 is 0 Å². The lowest BCUT2D eigenvalue weighted by Crippen LogP contribution is -2.29. The highest BCUT2D eigenvalue weighted by Crippen LogP contribution is 2.24. The van der Waals surface area contributed by atoms with Crippen molar-refractivity contribution in [1.82, 2.24) is 4.90 Å². The van der Waals surface area contributed by atoms with Crippen molar-refractivity contribution in [2.75, 3.05) is 19.6 Å². The van der Waals surface area contributed by atoms with E-state index in [-0.39, 0.29) is 0 Å². The minimum Gasteiger partial charge on any atom is -0.303 e. The maximum Gasteiger partial charge on any atom is -0.00186 e. The molecule has 0 N–H and O–H groups in total. The molecule has 1 heteroatoms. The Bertz CT molecular complexity index is 178. The molecule has 3 rings (SSSR count). The molecule has 3 saturated heterocycles. The summed E-state index contributed by atoms with van der Waals surface area (Å²) in [5.74, 6) is 1.06. The van der Waals surface area contributed by atoms with Crippen LogP contribution in [0, 0.1) is 5.92 Å². The fourth-order valence-electron chi connectivity index (χ4n) is 3.98. The van der Waals surface area contributed by atoms with Gasteiger partial charge in [-0.2, -0.15) is 0 Å². The molecule has 3 aliphatic rings. The average Bonchev–Trinajstić information content (AvgIpc) is 2.37. The lowest BCUT2D eigenvalue weighted by atomic mass is 9.90. The van der Waals surface area contributed by atoms with Crippen molar-refractivity contribution in [3.63, 3.8) is 0 Å². The molecule has 0 atom stereocenters. The summed E-state index contributed by atoms with van der Waals surface area (Å²) in [6.45, 7) is 4.15. The molecule has 0 unspecified atom stereocenters. The van der Waals surface area contributed by atoms with Crippen LogP contribution in [-0.2, 0) is 0 Å². The van der Waals surface area contributed by atoms with E-state index in [2.05, 4.69) is 4.90 Å². The minimum atomic E-state index is 1.06. The van der Waals surface area contributed by atoms with Crippen molar-refractivity contribution < 1.29 is 0 Å². The standard InChI is InChI=1S/C18H35N/c1-2-4-6-8-12-18-13-10-16-19(17-11-14-18)15-9-7-5-3-1/h18H,1-17H2. The van der Waals surface area contributed by atoms with Crippen molar-refractivity contribution in [3.05, 3.63) is 0 Å². The highest BCUT2D eigenvalue weighted by atomic mass is 15.1. The van der Waals surface area contributed by atoms with Gasteiger partial charge in [0.05, 0.1) is 0 Å². The summed E-state index contributed by atoms with van der Waals surface area (Å²) in [5.41, 5.74) is 0. The van der Waals surface area contributed by atoms with Gasteiger partial charge in [-0.15, -0.1) is 0 Å². The number of fused-ring (bicyclic) bond motifs is 14. The molecule has 0 aromatic carbocycles. The van der Waals surface area contributed by atoms with Crippen molar-refractivity contribution in [1.29, 1.82) is 0 Å². The van der Waals surface area contributed by atoms with E-state index in [0.717, 1.165) is 5.92 Å². The molecule has 0 spiro atoms. The van der Waals surface area contributed by atoms with Crippen LogP contribution in [0.15, 0.2) is 0 Å². The lowest BCUT2D eigenvalue weighted by Gasteiger charge is -2.28. The van der Waals surface area contributed by atoms with Crippen LogP contribution in [0.1, 0.15) is 89.9 Å². The molecule has 0 radical (unpaired) electrons. The Morgan fingerprint density at radius 3 is 1.47 bits per heavy atom. The first-order chi connectivity index (χ1) is 9.45. The van der Waals surface area contributed by atoms with Gasteiger partial charge in [-0.25, -0.2) is 0 Å². The Morgan fingerprint density at radius 1 is 0.421 bits per heavy atom. The second kappa shape index (κ2) is 9.80. The zero-order chi connectivity index (χ0) is 13.2. The second-order valence-corrected chi connectivity index (χ2v) is 6.96. The van der Waals surface area contributed by atoms with Crippen molar-refractivity contribution in [3.8, 4) is 0 Å². The molecular weight excluding hydrogens is 230 g/mol. The molecular formula is C18H35N. The topological polar surface area (TPSA) is 3.24 Å². The van der Waals surface area contributed by atoms with Crippen LogP contribution in [0.25, 0.3) is 0 Å². The molecule has 112 valence electrons. The first-order valence-electron chi connectivity index (χ1n) is 9.17. The molecule has 3 heterocycles. The van der Waals surface area contributed by atoms with Gasteiger partial charge in [0.2, 0.25) is 0 Å². The lowest BCUT2D eigenvalue weighted by molar-refractivity contribution is 0.215. The Labute approximate surface area is 121 Å². The number of nitrogens with zero attached hydrogens (tertiary/aromatic N) is 1. The van der Waals surface area contributed by atoms with Gasteiger partial charge in [0.15, 0.2) is 0 Å². The van der Waals surface area contributed by atoms with Crippen LogP contribution < -0.4 is 0 Å². The van der Waals surface area contributed by atoms with Crippen molar-refractivity contribution in [2.45, 2.75) is 89.9 Å². The maximum atomic E-state index is 2.75. The third-order valence-electron chi connectivity index (χ3n) is 5.26. The Morgan fingerprint density at radius 2 is 0.842 bits per heavy atom. The third kappa shape index (κ3) is 6.79. The van der Waals surface area contributed by atoms with Gasteiger partial charge in [0, 0.05) is 0 Å². The molecule has 0 amide bonds. The molecule has 0 aromatic rings. The zero-order valence-corrected chi connectivity index (χ0v) is 13.0. The number of rotatable bonds is 0. The Balaban J connectivity index is 1.75. The normalized spacial score (nSPS) is 32.8. The van der Waals surface area contributed by atoms with Gasteiger partial charge in [-0.1, -0.05) is 57.8 Å². The van der Waals surface area contributed by atoms with Crippen LogP contribution in [0.5, 0.6) is 0 Å². The predicted molar refractivity (Wildman–Crippen MR) is 84.6 cm³/mol. The van der Waals surface area contributed by atoms with Gasteiger partial charge in [-0.05, 0) is 57.7 Å². The second-order valence-electron chi connectivity index (χ2n) is 6.96. The van der Waals surface area contributed by atoms with E-state index in [0.29, 0.717) is 0 Å². The van der Waals surface area contributed by atoms with E-state index in [4.69, 9.17) is 0 Å². The molecule has 3 aliphatic heterocycles. The summed E-state index contributed by atoms with van der Waals surface area (Å²) < 4.78 is 0. The van der Waals surface area contributed by atoms with Crippen molar-refractivity contribution >= 4 is 0 Å². The van der Waals surface area contributed by atoms with E-state index in [1.54, 1.807) is 0 Å². The zero-order valence-electron chi connectivity index (χ0n) is 13.0. The van der Waals surface area contributed by atoms with Gasteiger partial charge < -0.3 is 4.90 Å². The van der Waals surface area contributed by atoms with Crippen LogP contribution in [0.2, 0.25) is 0 Å². The Hall–Kier alpha value is -0.0400. The summed E-state index contributed by atoms with van der Waals surface area (Å²) in [6.07, 6.45) is 20.9. The average molecular weight is 265 g/mol. The predicted octanol–water partition coefficient (Wildman–Crippen LogP) is 5.39. The Kier molecular flexibility index (Phi) is 7.92. The van der Waals surface area contributed by atoms with E-state index < -0.39 is 0 Å². The molecule has 0 aromatic heterocycles. The van der Waals surface area contributed by atoms with E-state index in [9.17, 15) is 0 Å². The van der Waals surface area contributed by atoms with E-state index >= 15 is 0 Å². The number of hydrogen-bond acceptors (Lipinski definition) is 1. The molecule has 0 saturated carbocycles. The summed E-state index contributed by atoms with van der Waals surface area (Å²) in [6, 6.07) is 0. The molecule has 0 aliphatic carbocycles. The minimum absolute atomic E-state index is 1.06. The highest BCUT2D eigenvalue weighted by molar-refractivity contribution is 4.69. The summed E-state index contributed by atoms with van der Waals surface area (Å²) in [5, 5.41) is 0. The van der Waals surface area contributed by atoms with Gasteiger partial charge in [-0.3, -0.25) is 0 Å².